The van der Waals surface area contributed by atoms with E-state index in [0.717, 1.165) is 0 Å². The van der Waals surface area contributed by atoms with Gasteiger partial charge in [-0.2, -0.15) is 5.26 Å². The number of nitriles is 1. The summed E-state index contributed by atoms with van der Waals surface area (Å²) in [6.45, 7) is 2.27. The molecule has 0 aromatic heterocycles. The van der Waals surface area contributed by atoms with Crippen LogP contribution in [-0.2, 0) is 6.42 Å². The minimum absolute atomic E-state index is 0.714. The van der Waals surface area contributed by atoms with Crippen LogP contribution in [-0.4, -0.2) is 0 Å². The van der Waals surface area contributed by atoms with Gasteiger partial charge in [0.1, 0.15) is 0 Å². The number of rotatable bonds is 11. The fourth-order valence-corrected chi connectivity index (χ4v) is 3.24. The first-order chi connectivity index (χ1) is 12.3. The van der Waals surface area contributed by atoms with Crippen LogP contribution in [0.2, 0.25) is 0 Å². The number of unbranched alkanes of at least 4 members (excludes halogenated alkanes) is 8. The fraction of sp³-hybridized carbons (Fsp3) is 0.458. The molecule has 2 aromatic rings. The van der Waals surface area contributed by atoms with Crippen molar-refractivity contribution in [3.63, 3.8) is 0 Å². The van der Waals surface area contributed by atoms with Crippen molar-refractivity contribution in [3.05, 3.63) is 59.7 Å². The molecule has 0 saturated carbocycles. The molecule has 2 aromatic carbocycles. The van der Waals surface area contributed by atoms with Crippen LogP contribution >= 0.6 is 0 Å². The van der Waals surface area contributed by atoms with Gasteiger partial charge >= 0.3 is 0 Å². The quantitative estimate of drug-likeness (QED) is 0.396. The average Bonchev–Trinajstić information content (AvgIpc) is 2.67. The van der Waals surface area contributed by atoms with E-state index in [1.807, 2.05) is 24.3 Å². The lowest BCUT2D eigenvalue weighted by Crippen LogP contribution is -1.87. The Morgan fingerprint density at radius 2 is 1.12 bits per heavy atom. The summed E-state index contributed by atoms with van der Waals surface area (Å²) in [6.07, 6.45) is 13.6. The second kappa shape index (κ2) is 11.5. The van der Waals surface area contributed by atoms with Gasteiger partial charge in [-0.05, 0) is 41.7 Å². The molecule has 0 unspecified atom stereocenters. The second-order valence-corrected chi connectivity index (χ2v) is 6.96. The van der Waals surface area contributed by atoms with Gasteiger partial charge in [0.15, 0.2) is 0 Å². The third kappa shape index (κ3) is 7.14. The molecule has 0 atom stereocenters. The van der Waals surface area contributed by atoms with Crippen molar-refractivity contribution in [2.75, 3.05) is 0 Å². The number of hydrogen-bond donors (Lipinski definition) is 0. The Morgan fingerprint density at radius 1 is 0.640 bits per heavy atom. The van der Waals surface area contributed by atoms with E-state index >= 15 is 0 Å². The Kier molecular flexibility index (Phi) is 8.84. The van der Waals surface area contributed by atoms with E-state index in [-0.39, 0.29) is 0 Å². The first-order valence-corrected chi connectivity index (χ1v) is 9.93. The highest BCUT2D eigenvalue weighted by Gasteiger charge is 1.99. The van der Waals surface area contributed by atoms with Gasteiger partial charge in [0.2, 0.25) is 0 Å². The minimum atomic E-state index is 0.714. The summed E-state index contributed by atoms with van der Waals surface area (Å²) < 4.78 is 0. The van der Waals surface area contributed by atoms with Crippen molar-refractivity contribution in [1.29, 1.82) is 5.26 Å². The van der Waals surface area contributed by atoms with Crippen LogP contribution in [0.5, 0.6) is 0 Å². The van der Waals surface area contributed by atoms with Crippen LogP contribution in [0.15, 0.2) is 48.5 Å². The smallest absolute Gasteiger partial charge is 0.0991 e. The Bertz CT molecular complexity index is 631. The highest BCUT2D eigenvalue weighted by Crippen LogP contribution is 2.21. The lowest BCUT2D eigenvalue weighted by Gasteiger charge is -2.05. The van der Waals surface area contributed by atoms with Crippen LogP contribution in [0.25, 0.3) is 11.1 Å². The maximum atomic E-state index is 8.87. The van der Waals surface area contributed by atoms with E-state index in [1.165, 1.54) is 80.9 Å². The standard InChI is InChI=1S/C24H31N/c1-2-3-4-5-6-7-8-9-10-11-21-12-16-23(17-13-21)24-18-14-22(20-25)15-19-24/h12-19H,2-11H2,1H3. The van der Waals surface area contributed by atoms with Gasteiger partial charge in [0, 0.05) is 0 Å². The van der Waals surface area contributed by atoms with E-state index in [0.29, 0.717) is 5.56 Å². The van der Waals surface area contributed by atoms with Crippen LogP contribution in [0.1, 0.15) is 75.8 Å². The lowest BCUT2D eigenvalue weighted by atomic mass is 10.00. The number of aryl methyl sites for hydroxylation is 1. The van der Waals surface area contributed by atoms with Crippen molar-refractivity contribution in [2.24, 2.45) is 0 Å². The summed E-state index contributed by atoms with van der Waals surface area (Å²) >= 11 is 0. The minimum Gasteiger partial charge on any atom is -0.192 e. The molecule has 0 heterocycles. The van der Waals surface area contributed by atoms with E-state index in [4.69, 9.17) is 5.26 Å². The summed E-state index contributed by atoms with van der Waals surface area (Å²) in [5.41, 5.74) is 4.54. The van der Waals surface area contributed by atoms with Gasteiger partial charge in [-0.3, -0.25) is 0 Å². The second-order valence-electron chi connectivity index (χ2n) is 6.96. The number of benzene rings is 2. The summed E-state index contributed by atoms with van der Waals surface area (Å²) in [5, 5.41) is 8.87. The SMILES string of the molecule is CCCCCCCCCCCc1ccc(-c2ccc(C#N)cc2)cc1. The zero-order valence-corrected chi connectivity index (χ0v) is 15.6. The van der Waals surface area contributed by atoms with E-state index < -0.39 is 0 Å². The third-order valence-corrected chi connectivity index (χ3v) is 4.87. The number of nitrogens with zero attached hydrogens (tertiary/aromatic N) is 1. The topological polar surface area (TPSA) is 23.8 Å². The zero-order chi connectivity index (χ0) is 17.7. The normalized spacial score (nSPS) is 10.6. The Labute approximate surface area is 153 Å². The molecule has 0 N–H and O–H groups in total. The maximum absolute atomic E-state index is 8.87. The molecule has 0 aliphatic rings. The van der Waals surface area contributed by atoms with Gasteiger partial charge in [-0.15, -0.1) is 0 Å². The maximum Gasteiger partial charge on any atom is 0.0991 e. The summed E-state index contributed by atoms with van der Waals surface area (Å²) in [6, 6.07) is 18.9. The first kappa shape index (κ1) is 19.3. The van der Waals surface area contributed by atoms with Gasteiger partial charge in [0.05, 0.1) is 11.6 Å². The largest absolute Gasteiger partial charge is 0.192 e. The van der Waals surface area contributed by atoms with Gasteiger partial charge in [-0.25, -0.2) is 0 Å². The van der Waals surface area contributed by atoms with E-state index in [9.17, 15) is 0 Å². The summed E-state index contributed by atoms with van der Waals surface area (Å²) in [5.74, 6) is 0. The van der Waals surface area contributed by atoms with Crippen LogP contribution < -0.4 is 0 Å². The predicted octanol–water partition coefficient (Wildman–Crippen LogP) is 7.30. The fourth-order valence-electron chi connectivity index (χ4n) is 3.24. The molecule has 0 aliphatic heterocycles. The molecule has 0 bridgehead atoms. The van der Waals surface area contributed by atoms with E-state index in [1.54, 1.807) is 0 Å². The Morgan fingerprint density at radius 3 is 1.64 bits per heavy atom. The molecular formula is C24H31N. The molecule has 25 heavy (non-hydrogen) atoms. The van der Waals surface area contributed by atoms with Crippen LogP contribution in [0.4, 0.5) is 0 Å². The zero-order valence-electron chi connectivity index (χ0n) is 15.6. The molecule has 0 spiro atoms. The molecule has 132 valence electrons. The lowest BCUT2D eigenvalue weighted by molar-refractivity contribution is 0.565. The molecule has 1 nitrogen and oxygen atoms in total. The molecule has 1 heteroatoms. The first-order valence-electron chi connectivity index (χ1n) is 9.93. The average molecular weight is 334 g/mol. The highest BCUT2D eigenvalue weighted by atomic mass is 14.2. The van der Waals surface area contributed by atoms with Crippen LogP contribution in [0.3, 0.4) is 0 Å². The van der Waals surface area contributed by atoms with Gasteiger partial charge in [-0.1, -0.05) is 94.7 Å². The summed E-state index contributed by atoms with van der Waals surface area (Å²) in [7, 11) is 0. The molecular weight excluding hydrogens is 302 g/mol. The summed E-state index contributed by atoms with van der Waals surface area (Å²) in [4.78, 5) is 0. The van der Waals surface area contributed by atoms with Gasteiger partial charge in [0.25, 0.3) is 0 Å². The molecule has 0 aliphatic carbocycles. The Hall–Kier alpha value is -2.07. The molecule has 0 saturated heterocycles. The van der Waals surface area contributed by atoms with Crippen molar-refractivity contribution in [3.8, 4) is 17.2 Å². The van der Waals surface area contributed by atoms with Crippen molar-refractivity contribution in [1.82, 2.24) is 0 Å². The van der Waals surface area contributed by atoms with Crippen molar-refractivity contribution in [2.45, 2.75) is 71.1 Å². The molecule has 0 amide bonds. The van der Waals surface area contributed by atoms with Crippen LogP contribution in [0, 0.1) is 11.3 Å². The van der Waals surface area contributed by atoms with Gasteiger partial charge < -0.3 is 0 Å². The van der Waals surface area contributed by atoms with Crippen molar-refractivity contribution < 1.29 is 0 Å². The van der Waals surface area contributed by atoms with E-state index in [2.05, 4.69) is 37.3 Å². The Balaban J connectivity index is 1.66. The monoisotopic (exact) mass is 333 g/mol. The van der Waals surface area contributed by atoms with Crippen molar-refractivity contribution >= 4 is 0 Å². The predicted molar refractivity (Wildman–Crippen MR) is 108 cm³/mol. The molecule has 2 rings (SSSR count). The highest BCUT2D eigenvalue weighted by molar-refractivity contribution is 5.64. The molecule has 0 radical (unpaired) electrons. The molecule has 0 fully saturated rings. The number of hydrogen-bond acceptors (Lipinski definition) is 1. The third-order valence-electron chi connectivity index (χ3n) is 4.87.